The van der Waals surface area contributed by atoms with Crippen molar-refractivity contribution in [2.45, 2.75) is 58.5 Å². The summed E-state index contributed by atoms with van der Waals surface area (Å²) in [6, 6.07) is 19.5. The van der Waals surface area contributed by atoms with Crippen LogP contribution in [0.2, 0.25) is 0 Å². The summed E-state index contributed by atoms with van der Waals surface area (Å²) >= 11 is 0. The molecule has 8 heteroatoms. The Morgan fingerprint density at radius 1 is 0.976 bits per heavy atom. The molecular formula is C34H38N8. The number of aromatic amines is 1. The van der Waals surface area contributed by atoms with E-state index in [9.17, 15) is 0 Å². The predicted molar refractivity (Wildman–Crippen MR) is 171 cm³/mol. The number of para-hydroxylation sites is 1. The molecule has 0 amide bonds. The number of fused-ring (bicyclic) bond motifs is 3. The van der Waals surface area contributed by atoms with E-state index in [1.165, 1.54) is 16.5 Å². The van der Waals surface area contributed by atoms with E-state index in [2.05, 4.69) is 94.6 Å². The number of aromatic nitrogens is 5. The molecule has 7 rings (SSSR count). The van der Waals surface area contributed by atoms with Crippen molar-refractivity contribution in [3.63, 3.8) is 0 Å². The van der Waals surface area contributed by atoms with E-state index in [0.29, 0.717) is 18.3 Å². The number of likely N-dealkylation sites (tertiary alicyclic amines) is 1. The van der Waals surface area contributed by atoms with Crippen molar-refractivity contribution < 1.29 is 0 Å². The molecule has 0 saturated carbocycles. The zero-order valence-electron chi connectivity index (χ0n) is 24.6. The second kappa shape index (κ2) is 10.5. The Morgan fingerprint density at radius 2 is 1.76 bits per heavy atom. The first-order valence-electron chi connectivity index (χ1n) is 15.0. The number of H-pyrrole nitrogens is 1. The number of nitrogen functional groups attached to an aromatic ring is 1. The van der Waals surface area contributed by atoms with Gasteiger partial charge in [0.15, 0.2) is 0 Å². The van der Waals surface area contributed by atoms with Gasteiger partial charge < -0.3 is 16.5 Å². The maximum Gasteiger partial charge on any atom is 0.150 e. The van der Waals surface area contributed by atoms with Crippen LogP contribution in [0.3, 0.4) is 0 Å². The van der Waals surface area contributed by atoms with Gasteiger partial charge in [-0.05, 0) is 47.7 Å². The number of aryl methyl sites for hydroxylation is 1. The van der Waals surface area contributed by atoms with E-state index in [1.54, 1.807) is 0 Å². The number of anilines is 1. The lowest BCUT2D eigenvalue weighted by atomic mass is 9.95. The molecule has 42 heavy (non-hydrogen) atoms. The van der Waals surface area contributed by atoms with Crippen LogP contribution < -0.4 is 11.5 Å². The van der Waals surface area contributed by atoms with Crippen molar-refractivity contribution in [1.82, 2.24) is 29.2 Å². The van der Waals surface area contributed by atoms with Crippen LogP contribution in [-0.4, -0.2) is 48.4 Å². The molecule has 0 aliphatic carbocycles. The van der Waals surface area contributed by atoms with Crippen LogP contribution in [0.1, 0.15) is 61.1 Å². The number of nitrogens with two attached hydrogens (primary N) is 2. The normalized spacial score (nSPS) is 15.1. The highest BCUT2D eigenvalue weighted by Crippen LogP contribution is 2.37. The van der Waals surface area contributed by atoms with Crippen LogP contribution in [0, 0.1) is 6.92 Å². The molecule has 1 aliphatic rings. The smallest absolute Gasteiger partial charge is 0.150 e. The van der Waals surface area contributed by atoms with Crippen LogP contribution in [0.15, 0.2) is 60.8 Å². The highest BCUT2D eigenvalue weighted by molar-refractivity contribution is 6.02. The molecule has 0 radical (unpaired) electrons. The van der Waals surface area contributed by atoms with Crippen molar-refractivity contribution in [2.75, 3.05) is 18.8 Å². The summed E-state index contributed by atoms with van der Waals surface area (Å²) in [7, 11) is 0. The number of hydrogen-bond donors (Lipinski definition) is 3. The molecule has 1 saturated heterocycles. The van der Waals surface area contributed by atoms with Crippen LogP contribution in [-0.2, 0) is 13.0 Å². The highest BCUT2D eigenvalue weighted by Gasteiger charge is 2.24. The summed E-state index contributed by atoms with van der Waals surface area (Å²) in [5.41, 5.74) is 21.3. The minimum Gasteiger partial charge on any atom is -0.382 e. The van der Waals surface area contributed by atoms with E-state index in [1.807, 2.05) is 6.20 Å². The third kappa shape index (κ3) is 4.61. The lowest BCUT2D eigenvalue weighted by molar-refractivity contribution is 0.202. The maximum absolute atomic E-state index is 6.64. The van der Waals surface area contributed by atoms with E-state index >= 15 is 0 Å². The van der Waals surface area contributed by atoms with Gasteiger partial charge in [0.25, 0.3) is 0 Å². The highest BCUT2D eigenvalue weighted by atomic mass is 15.2. The van der Waals surface area contributed by atoms with Gasteiger partial charge in [-0.2, -0.15) is 0 Å². The molecule has 5 N–H and O–H groups in total. The molecule has 3 aromatic heterocycles. The second-order valence-corrected chi connectivity index (χ2v) is 12.1. The molecule has 4 heterocycles. The fraction of sp³-hybridized carbons (Fsp3) is 0.324. The Bertz CT molecular complexity index is 1920. The summed E-state index contributed by atoms with van der Waals surface area (Å²) < 4.78 is 2.26. The second-order valence-electron chi connectivity index (χ2n) is 12.1. The average Bonchev–Trinajstić information content (AvgIpc) is 3.59. The van der Waals surface area contributed by atoms with Gasteiger partial charge in [0.1, 0.15) is 28.7 Å². The van der Waals surface area contributed by atoms with Crippen LogP contribution in [0.5, 0.6) is 0 Å². The number of piperidine rings is 1. The molecule has 1 aliphatic heterocycles. The van der Waals surface area contributed by atoms with Gasteiger partial charge in [0.2, 0.25) is 0 Å². The molecular weight excluding hydrogens is 520 g/mol. The molecule has 0 atom stereocenters. The van der Waals surface area contributed by atoms with Crippen molar-refractivity contribution in [3.05, 3.63) is 89.3 Å². The molecule has 0 unspecified atom stereocenters. The summed E-state index contributed by atoms with van der Waals surface area (Å²) in [4.78, 5) is 20.9. The number of nitrogens with zero attached hydrogens (tertiary/aromatic N) is 5. The van der Waals surface area contributed by atoms with E-state index < -0.39 is 0 Å². The number of nitrogens with one attached hydrogen (secondary N) is 1. The first-order valence-corrected chi connectivity index (χ1v) is 15.0. The maximum atomic E-state index is 6.64. The topological polar surface area (TPSA) is 114 Å². The summed E-state index contributed by atoms with van der Waals surface area (Å²) in [5, 5.41) is 2.33. The van der Waals surface area contributed by atoms with Crippen molar-refractivity contribution >= 4 is 33.1 Å². The number of imidazole rings is 2. The SMILES string of the molecule is Cc1cccc2[nH]c(Cc3ccc(-c4nc(C(C)C)n5c(CN6CCC(N)CC6)cnc(N)c45)c4ccccc34)nc12. The third-order valence-corrected chi connectivity index (χ3v) is 8.71. The van der Waals surface area contributed by atoms with Crippen LogP contribution in [0.25, 0.3) is 38.6 Å². The molecule has 0 spiro atoms. The first-order chi connectivity index (χ1) is 20.4. The Balaban J connectivity index is 1.34. The lowest BCUT2D eigenvalue weighted by Crippen LogP contribution is -2.39. The van der Waals surface area contributed by atoms with Crippen molar-refractivity contribution in [1.29, 1.82) is 0 Å². The van der Waals surface area contributed by atoms with Gasteiger partial charge in [-0.25, -0.2) is 15.0 Å². The number of benzene rings is 3. The minimum absolute atomic E-state index is 0.212. The van der Waals surface area contributed by atoms with Gasteiger partial charge in [0.05, 0.1) is 22.9 Å². The van der Waals surface area contributed by atoms with Gasteiger partial charge >= 0.3 is 0 Å². The zero-order valence-corrected chi connectivity index (χ0v) is 24.6. The van der Waals surface area contributed by atoms with E-state index in [4.69, 9.17) is 21.4 Å². The zero-order chi connectivity index (χ0) is 29.0. The summed E-state index contributed by atoms with van der Waals surface area (Å²) in [5.74, 6) is 2.68. The van der Waals surface area contributed by atoms with Crippen LogP contribution >= 0.6 is 0 Å². The Kier molecular flexibility index (Phi) is 6.67. The van der Waals surface area contributed by atoms with Crippen LogP contribution in [0.4, 0.5) is 5.82 Å². The Labute approximate surface area is 245 Å². The van der Waals surface area contributed by atoms with E-state index in [0.717, 1.165) is 83.0 Å². The molecule has 1 fully saturated rings. The number of hydrogen-bond acceptors (Lipinski definition) is 6. The monoisotopic (exact) mass is 558 g/mol. The minimum atomic E-state index is 0.212. The van der Waals surface area contributed by atoms with E-state index in [-0.39, 0.29) is 5.92 Å². The Hall–Kier alpha value is -4.27. The quantitative estimate of drug-likeness (QED) is 0.233. The fourth-order valence-corrected chi connectivity index (χ4v) is 6.47. The molecule has 8 nitrogen and oxygen atoms in total. The van der Waals surface area contributed by atoms with Crippen molar-refractivity contribution in [3.8, 4) is 11.3 Å². The van der Waals surface area contributed by atoms with Gasteiger partial charge in [0, 0.05) is 43.6 Å². The Morgan fingerprint density at radius 3 is 2.52 bits per heavy atom. The largest absolute Gasteiger partial charge is 0.382 e. The van der Waals surface area contributed by atoms with Gasteiger partial charge in [-0.3, -0.25) is 9.30 Å². The summed E-state index contributed by atoms with van der Waals surface area (Å²) in [6.07, 6.45) is 4.67. The molecule has 214 valence electrons. The summed E-state index contributed by atoms with van der Waals surface area (Å²) in [6.45, 7) is 9.25. The molecule has 0 bridgehead atoms. The number of rotatable bonds is 6. The van der Waals surface area contributed by atoms with Crippen molar-refractivity contribution in [2.24, 2.45) is 5.73 Å². The lowest BCUT2D eigenvalue weighted by Gasteiger charge is -2.30. The van der Waals surface area contributed by atoms with Gasteiger partial charge in [-0.1, -0.05) is 62.4 Å². The predicted octanol–water partition coefficient (Wildman–Crippen LogP) is 5.95. The third-order valence-electron chi connectivity index (χ3n) is 8.71. The van der Waals surface area contributed by atoms with Gasteiger partial charge in [-0.15, -0.1) is 0 Å². The molecule has 3 aromatic carbocycles. The first kappa shape index (κ1) is 26.6. The standard InChI is InChI=1S/C34H38N8/c1-20(2)34-40-31(32-33(36)37-18-24(42(32)34)19-41-15-13-23(35)14-16-41)27-12-11-22(25-8-4-5-9-26(25)27)17-29-38-28-10-6-7-21(3)30(28)39-29/h4-12,18,20,23H,13-17,19,35H2,1-3H3,(H2,36,37)(H,38,39). The fourth-order valence-electron chi connectivity index (χ4n) is 6.47. The molecule has 6 aromatic rings. The average molecular weight is 559 g/mol.